The Labute approximate surface area is 145 Å². The van der Waals surface area contributed by atoms with Crippen LogP contribution in [0, 0.1) is 5.92 Å². The number of rotatable bonds is 0. The van der Waals surface area contributed by atoms with Crippen LogP contribution in [0.3, 0.4) is 0 Å². The molecule has 2 aliphatic heterocycles. The second kappa shape index (κ2) is 4.34. The van der Waals surface area contributed by atoms with Crippen LogP contribution in [0.1, 0.15) is 37.8 Å². The number of nitrogens with zero attached hydrogens (tertiary/aromatic N) is 1. The highest BCUT2D eigenvalue weighted by Gasteiger charge is 2.64. The van der Waals surface area contributed by atoms with Crippen molar-refractivity contribution >= 4 is 22.6 Å². The van der Waals surface area contributed by atoms with Crippen LogP contribution in [0.15, 0.2) is 35.7 Å². The number of benzene rings is 1. The average molecular weight is 336 g/mol. The van der Waals surface area contributed by atoms with E-state index < -0.39 is 11.6 Å². The Kier molecular flexibility index (Phi) is 2.56. The predicted octanol–water partition coefficient (Wildman–Crippen LogP) is 2.83. The van der Waals surface area contributed by atoms with Gasteiger partial charge >= 0.3 is 0 Å². The number of aliphatic hydroxyl groups is 1. The van der Waals surface area contributed by atoms with Gasteiger partial charge in [-0.15, -0.1) is 0 Å². The number of carbonyl (C=O) groups excluding carboxylic acids is 2. The van der Waals surface area contributed by atoms with Crippen LogP contribution >= 0.6 is 0 Å². The third-order valence-electron chi connectivity index (χ3n) is 6.51. The Morgan fingerprint density at radius 3 is 2.80 bits per heavy atom. The number of Topliss-reactive ketones (excluding diaryl/α,β-unsaturated/α-hetero) is 1. The van der Waals surface area contributed by atoms with Crippen molar-refractivity contribution in [2.24, 2.45) is 5.92 Å². The molecular formula is C20H20N2O3. The lowest BCUT2D eigenvalue weighted by Gasteiger charge is -2.37. The van der Waals surface area contributed by atoms with Crippen molar-refractivity contribution in [3.8, 4) is 0 Å². The van der Waals surface area contributed by atoms with Crippen LogP contribution in [0.5, 0.6) is 0 Å². The summed E-state index contributed by atoms with van der Waals surface area (Å²) in [6, 6.07) is 5.72. The molecule has 5 rings (SSSR count). The van der Waals surface area contributed by atoms with Crippen LogP contribution in [0.25, 0.3) is 10.9 Å². The second-order valence-corrected chi connectivity index (χ2v) is 8.02. The van der Waals surface area contributed by atoms with Crippen LogP contribution in [-0.4, -0.2) is 38.3 Å². The maximum Gasteiger partial charge on any atom is 0.262 e. The number of carbonyl (C=O) groups is 2. The zero-order valence-corrected chi connectivity index (χ0v) is 14.5. The Bertz CT molecular complexity index is 994. The molecule has 1 aliphatic carbocycles. The number of amides is 1. The van der Waals surface area contributed by atoms with Gasteiger partial charge in [0.2, 0.25) is 0 Å². The Morgan fingerprint density at radius 2 is 2.08 bits per heavy atom. The fraction of sp³-hybridized carbons (Fsp3) is 0.400. The molecule has 0 bridgehead atoms. The van der Waals surface area contributed by atoms with Gasteiger partial charge in [-0.3, -0.25) is 9.59 Å². The molecule has 5 nitrogen and oxygen atoms in total. The lowest BCUT2D eigenvalue weighted by Crippen LogP contribution is -2.46. The van der Waals surface area contributed by atoms with E-state index in [1.807, 2.05) is 32.2 Å². The number of allylic oxidation sites excluding steroid dienone is 1. The largest absolute Gasteiger partial charge is 0.512 e. The maximum atomic E-state index is 13.0. The van der Waals surface area contributed by atoms with Crippen molar-refractivity contribution in [3.63, 3.8) is 0 Å². The summed E-state index contributed by atoms with van der Waals surface area (Å²) in [5.41, 5.74) is 2.99. The average Bonchev–Trinajstić information content (AvgIpc) is 3.14. The molecule has 3 aliphatic rings. The van der Waals surface area contributed by atoms with Gasteiger partial charge in [0.15, 0.2) is 5.78 Å². The minimum Gasteiger partial charge on any atom is -0.512 e. The van der Waals surface area contributed by atoms with E-state index in [1.165, 1.54) is 17.9 Å². The van der Waals surface area contributed by atoms with Crippen molar-refractivity contribution < 1.29 is 14.7 Å². The van der Waals surface area contributed by atoms with Gasteiger partial charge in [0.1, 0.15) is 17.4 Å². The second-order valence-electron chi connectivity index (χ2n) is 8.02. The monoisotopic (exact) mass is 336 g/mol. The zero-order valence-electron chi connectivity index (χ0n) is 14.5. The number of aromatic amines is 1. The van der Waals surface area contributed by atoms with Gasteiger partial charge in [-0.25, -0.2) is 0 Å². The Balaban J connectivity index is 1.78. The molecule has 1 aromatic carbocycles. The molecule has 2 N–H and O–H groups in total. The summed E-state index contributed by atoms with van der Waals surface area (Å²) in [5, 5.41) is 11.1. The van der Waals surface area contributed by atoms with E-state index >= 15 is 0 Å². The van der Waals surface area contributed by atoms with Crippen LogP contribution in [0.2, 0.25) is 0 Å². The molecule has 0 saturated carbocycles. The molecule has 3 atom stereocenters. The van der Waals surface area contributed by atoms with Gasteiger partial charge in [0.05, 0.1) is 0 Å². The van der Waals surface area contributed by atoms with Crippen molar-refractivity contribution in [1.82, 2.24) is 9.88 Å². The van der Waals surface area contributed by atoms with E-state index in [0.717, 1.165) is 17.5 Å². The topological polar surface area (TPSA) is 73.4 Å². The van der Waals surface area contributed by atoms with Crippen LogP contribution < -0.4 is 0 Å². The number of nitrogens with one attached hydrogen (secondary N) is 1. The van der Waals surface area contributed by atoms with E-state index in [0.29, 0.717) is 0 Å². The number of H-pyrrole nitrogens is 1. The van der Waals surface area contributed by atoms with Gasteiger partial charge in [0, 0.05) is 28.6 Å². The number of ketones is 1. The van der Waals surface area contributed by atoms with Gasteiger partial charge in [0.25, 0.3) is 5.91 Å². The summed E-state index contributed by atoms with van der Waals surface area (Å²) in [5.74, 6) is -0.594. The normalized spacial score (nSPS) is 31.5. The van der Waals surface area contributed by atoms with Crippen molar-refractivity contribution in [2.75, 3.05) is 0 Å². The first-order chi connectivity index (χ1) is 11.8. The molecule has 2 saturated heterocycles. The predicted molar refractivity (Wildman–Crippen MR) is 93.3 cm³/mol. The number of hydrogen-bond acceptors (Lipinski definition) is 3. The first-order valence-electron chi connectivity index (χ1n) is 8.70. The molecule has 0 unspecified atom stereocenters. The SMILES string of the molecule is C/C(O)=C1\C(=O)[C@H]2[C@H]3c4c[nH]c5cccc(c45)C[C@H]3C(C)(C)N2C1=O. The summed E-state index contributed by atoms with van der Waals surface area (Å²) in [7, 11) is 0. The van der Waals surface area contributed by atoms with Crippen molar-refractivity contribution in [3.05, 3.63) is 46.9 Å². The Hall–Kier alpha value is -2.56. The molecule has 1 amide bonds. The highest BCUT2D eigenvalue weighted by Crippen LogP contribution is 2.57. The number of aromatic nitrogens is 1. The van der Waals surface area contributed by atoms with Crippen LogP contribution in [-0.2, 0) is 16.0 Å². The Morgan fingerprint density at radius 1 is 1.32 bits per heavy atom. The summed E-state index contributed by atoms with van der Waals surface area (Å²) in [6.45, 7) is 5.51. The molecule has 25 heavy (non-hydrogen) atoms. The quantitative estimate of drug-likeness (QED) is 0.441. The smallest absolute Gasteiger partial charge is 0.262 e. The maximum absolute atomic E-state index is 13.0. The third-order valence-corrected chi connectivity index (χ3v) is 6.51. The first kappa shape index (κ1) is 14.8. The number of fused-ring (bicyclic) bond motifs is 4. The minimum absolute atomic E-state index is 0.0352. The zero-order chi connectivity index (χ0) is 17.7. The molecule has 0 spiro atoms. The van der Waals surface area contributed by atoms with Crippen LogP contribution in [0.4, 0.5) is 0 Å². The first-order valence-corrected chi connectivity index (χ1v) is 8.70. The molecule has 5 heteroatoms. The van der Waals surface area contributed by atoms with E-state index in [9.17, 15) is 14.7 Å². The third kappa shape index (κ3) is 1.54. The molecule has 3 heterocycles. The summed E-state index contributed by atoms with van der Waals surface area (Å²) < 4.78 is 0. The van der Waals surface area contributed by atoms with Crippen molar-refractivity contribution in [2.45, 2.75) is 44.7 Å². The van der Waals surface area contributed by atoms with E-state index in [-0.39, 0.29) is 34.9 Å². The summed E-state index contributed by atoms with van der Waals surface area (Å²) >= 11 is 0. The van der Waals surface area contributed by atoms with Gasteiger partial charge in [-0.1, -0.05) is 12.1 Å². The fourth-order valence-electron chi connectivity index (χ4n) is 5.45. The molecule has 0 radical (unpaired) electrons. The number of aliphatic hydroxyl groups excluding tert-OH is 1. The van der Waals surface area contributed by atoms with Crippen molar-refractivity contribution in [1.29, 1.82) is 0 Å². The van der Waals surface area contributed by atoms with Gasteiger partial charge < -0.3 is 15.0 Å². The fourth-order valence-corrected chi connectivity index (χ4v) is 5.45. The van der Waals surface area contributed by atoms with E-state index in [4.69, 9.17) is 0 Å². The van der Waals surface area contributed by atoms with Gasteiger partial charge in [-0.2, -0.15) is 0 Å². The van der Waals surface area contributed by atoms with E-state index in [2.05, 4.69) is 11.1 Å². The summed E-state index contributed by atoms with van der Waals surface area (Å²) in [6.07, 6.45) is 2.85. The lowest BCUT2D eigenvalue weighted by molar-refractivity contribution is -0.130. The minimum atomic E-state index is -0.517. The highest BCUT2D eigenvalue weighted by molar-refractivity contribution is 6.27. The molecule has 128 valence electrons. The summed E-state index contributed by atoms with van der Waals surface area (Å²) in [4.78, 5) is 31.0. The van der Waals surface area contributed by atoms with Gasteiger partial charge in [-0.05, 0) is 50.3 Å². The van der Waals surface area contributed by atoms with E-state index in [1.54, 1.807) is 4.90 Å². The molecule has 2 fully saturated rings. The number of hydrogen-bond donors (Lipinski definition) is 2. The molecule has 2 aromatic rings. The highest BCUT2D eigenvalue weighted by atomic mass is 16.3. The molecule has 1 aromatic heterocycles. The molecular weight excluding hydrogens is 316 g/mol. The lowest BCUT2D eigenvalue weighted by atomic mass is 9.69. The standard InChI is InChI=1S/C20H20N2O3/c1-9(23)14-18(24)17-16-11-8-21-13-6-4-5-10(15(11)13)7-12(16)20(2,3)22(17)19(14)25/h4-6,8,12,16-17,21,23H,7H2,1-3H3/b14-9-/t12-,16+,17-/m1/s1.